The molecule has 0 unspecified atom stereocenters. The van der Waals surface area contributed by atoms with Crippen LogP contribution in [-0.4, -0.2) is 19.1 Å². The second-order valence-electron chi connectivity index (χ2n) is 14.9. The Morgan fingerprint density at radius 3 is 0.955 bits per heavy atom. The van der Waals surface area contributed by atoms with Crippen molar-refractivity contribution in [3.05, 3.63) is 59.6 Å². The van der Waals surface area contributed by atoms with Crippen LogP contribution in [0.25, 0.3) is 22.4 Å². The highest BCUT2D eigenvalue weighted by molar-refractivity contribution is 6.50. The number of aryl methyl sites for hydroxylation is 1. The molecule has 0 atom stereocenters. The second kappa shape index (κ2) is 13.2. The number of halogens is 8. The van der Waals surface area contributed by atoms with Crippen molar-refractivity contribution < 1.29 is 43.4 Å². The van der Waals surface area contributed by atoms with Crippen LogP contribution in [0.4, 0.5) is 34.5 Å². The van der Waals surface area contributed by atoms with E-state index in [0.717, 1.165) is 23.0 Å². The van der Waals surface area contributed by atoms with Crippen molar-refractivity contribution >= 4 is 14.5 Å². The van der Waals surface area contributed by atoms with Crippen LogP contribution < -0.4 is 0 Å². The summed E-state index contributed by atoms with van der Waals surface area (Å²) in [4.78, 5) is 0. The van der Waals surface area contributed by atoms with E-state index in [-0.39, 0.29) is 21.7 Å². The van der Waals surface area contributed by atoms with E-state index in [4.69, 9.17) is 8.83 Å². The summed E-state index contributed by atoms with van der Waals surface area (Å²) < 4.78 is 93.0. The maximum Gasteiger partial charge on any atom is 0.673 e. The predicted molar refractivity (Wildman–Crippen MR) is 165 cm³/mol. The first-order valence-electron chi connectivity index (χ1n) is 14.2. The van der Waals surface area contributed by atoms with Crippen LogP contribution in [0.1, 0.15) is 106 Å². The fourth-order valence-electron chi connectivity index (χ4n) is 3.81. The number of hydrogen-bond acceptors (Lipinski definition) is 0. The quantitative estimate of drug-likeness (QED) is 0.159. The minimum Gasteiger partial charge on any atom is -0.418 e. The monoisotopic (exact) mass is 637 g/mol. The van der Waals surface area contributed by atoms with Gasteiger partial charge in [0.15, 0.2) is 0 Å². The zero-order valence-corrected chi connectivity index (χ0v) is 27.9. The van der Waals surface area contributed by atoms with Crippen molar-refractivity contribution in [2.45, 2.75) is 105 Å². The summed E-state index contributed by atoms with van der Waals surface area (Å²) in [7, 11) is -9.88. The molecule has 0 N–H and O–H groups in total. The van der Waals surface area contributed by atoms with Gasteiger partial charge in [0, 0.05) is 59.9 Å². The van der Waals surface area contributed by atoms with Crippen LogP contribution in [0, 0.1) is 0 Å². The van der Waals surface area contributed by atoms with Crippen LogP contribution in [-0.2, 0) is 28.7 Å². The van der Waals surface area contributed by atoms with E-state index in [2.05, 4.69) is 131 Å². The fraction of sp³-hybridized carbons (Fsp3) is 0.548. The first-order chi connectivity index (χ1) is 19.3. The molecule has 0 aromatic carbocycles. The molecule has 0 aliphatic heterocycles. The summed E-state index contributed by atoms with van der Waals surface area (Å²) >= 11 is 0. The Morgan fingerprint density at radius 1 is 0.455 bits per heavy atom. The van der Waals surface area contributed by atoms with Crippen molar-refractivity contribution in [3.63, 3.8) is 0 Å². The predicted octanol–water partition coefficient (Wildman–Crippen LogP) is 11.9. The summed E-state index contributed by atoms with van der Waals surface area (Å²) in [5, 5.41) is 0. The topological polar surface area (TPSA) is 27.5 Å². The third-order valence-corrected chi connectivity index (χ3v) is 6.18. The van der Waals surface area contributed by atoms with Crippen LogP contribution in [0.5, 0.6) is 0 Å². The Balaban J connectivity index is 0.000000837. The summed E-state index contributed by atoms with van der Waals surface area (Å²) in [5.74, 6) is 4.01. The Labute approximate surface area is 256 Å². The van der Waals surface area contributed by atoms with E-state index in [1.54, 1.807) is 0 Å². The molecule has 0 aliphatic rings. The SMILES string of the molecule is Cn1cc(-c2cc(C(C)(C)C)[o+]c(C(C)(C)C)c2)cc1-c1cc(C(C)(C)C)[o+]c(C(C)(C)C)c1.F[B-](F)(F)F.F[B-](F)(F)F. The molecule has 0 radical (unpaired) electrons. The number of aromatic nitrogens is 1. The molecule has 248 valence electrons. The van der Waals surface area contributed by atoms with E-state index in [0.29, 0.717) is 0 Å². The standard InChI is InChI=1S/C31H45NO2.2BF4/c1-28(2,3)24-15-20(16-25(33-24)29(4,5)6)22-14-23(32(13)19-22)21-17-26(30(7,8)9)34-27(18-21)31(10,11)12;2*2-1(3,4)5/h14-19H,1-13H3;;/q+2;2*-1. The van der Waals surface area contributed by atoms with Gasteiger partial charge in [-0.15, -0.1) is 0 Å². The third-order valence-electron chi connectivity index (χ3n) is 6.18. The molecule has 13 heteroatoms. The molecule has 3 heterocycles. The van der Waals surface area contributed by atoms with Crippen LogP contribution in [0.2, 0.25) is 0 Å². The zero-order chi connectivity index (χ0) is 34.9. The highest BCUT2D eigenvalue weighted by Crippen LogP contribution is 2.38. The lowest BCUT2D eigenvalue weighted by atomic mass is 9.87. The largest absolute Gasteiger partial charge is 0.673 e. The lowest BCUT2D eigenvalue weighted by Gasteiger charge is -2.15. The van der Waals surface area contributed by atoms with E-state index >= 15 is 0 Å². The normalized spacial score (nSPS) is 13.1. The van der Waals surface area contributed by atoms with Gasteiger partial charge in [-0.25, -0.2) is 8.83 Å². The first-order valence-corrected chi connectivity index (χ1v) is 14.2. The number of rotatable bonds is 2. The lowest BCUT2D eigenvalue weighted by Crippen LogP contribution is -2.16. The fourth-order valence-corrected chi connectivity index (χ4v) is 3.81. The van der Waals surface area contributed by atoms with Crippen LogP contribution in [0.15, 0.2) is 45.4 Å². The molecular formula is C31H45B2F8NO2. The molecule has 44 heavy (non-hydrogen) atoms. The van der Waals surface area contributed by atoms with Crippen molar-refractivity contribution in [2.75, 3.05) is 0 Å². The summed E-state index contributed by atoms with van der Waals surface area (Å²) in [6, 6.07) is 11.1. The third kappa shape index (κ3) is 13.4. The van der Waals surface area contributed by atoms with Crippen molar-refractivity contribution in [1.82, 2.24) is 4.57 Å². The van der Waals surface area contributed by atoms with Gasteiger partial charge in [0.25, 0.3) is 0 Å². The van der Waals surface area contributed by atoms with Gasteiger partial charge < -0.3 is 39.1 Å². The minimum absolute atomic E-state index is 0.0717. The molecule has 3 rings (SSSR count). The molecule has 0 amide bonds. The van der Waals surface area contributed by atoms with Gasteiger partial charge in [-0.2, -0.15) is 0 Å². The molecule has 0 spiro atoms. The lowest BCUT2D eigenvalue weighted by molar-refractivity contribution is 0.329. The first kappa shape index (κ1) is 39.2. The van der Waals surface area contributed by atoms with Gasteiger partial charge >= 0.3 is 37.5 Å². The zero-order valence-electron chi connectivity index (χ0n) is 27.9. The Hall–Kier alpha value is -2.85. The average Bonchev–Trinajstić information content (AvgIpc) is 3.15. The molecule has 0 bridgehead atoms. The maximum absolute atomic E-state index is 9.75. The van der Waals surface area contributed by atoms with E-state index in [1.165, 1.54) is 22.4 Å². The highest BCUT2D eigenvalue weighted by atomic mass is 19.5. The number of nitrogens with zero attached hydrogens (tertiary/aromatic N) is 1. The molecule has 3 aromatic heterocycles. The van der Waals surface area contributed by atoms with Crippen LogP contribution >= 0.6 is 0 Å². The molecule has 3 nitrogen and oxygen atoms in total. The van der Waals surface area contributed by atoms with Crippen LogP contribution in [0.3, 0.4) is 0 Å². The van der Waals surface area contributed by atoms with Crippen molar-refractivity contribution in [3.8, 4) is 22.4 Å². The molecule has 3 aromatic rings. The summed E-state index contributed by atoms with van der Waals surface area (Å²) in [6.07, 6.45) is 2.22. The van der Waals surface area contributed by atoms with Crippen molar-refractivity contribution in [1.29, 1.82) is 0 Å². The van der Waals surface area contributed by atoms with Gasteiger partial charge in [-0.3, -0.25) is 0 Å². The summed E-state index contributed by atoms with van der Waals surface area (Å²) in [6.45, 7) is 26.4. The van der Waals surface area contributed by atoms with Gasteiger partial charge in [-0.1, -0.05) is 0 Å². The molecule has 0 saturated carbocycles. The Bertz CT molecular complexity index is 1310. The molecular weight excluding hydrogens is 592 g/mol. The van der Waals surface area contributed by atoms with Gasteiger partial charge in [0.2, 0.25) is 0 Å². The Kier molecular flexibility index (Phi) is 11.8. The van der Waals surface area contributed by atoms with E-state index in [9.17, 15) is 34.5 Å². The summed E-state index contributed by atoms with van der Waals surface area (Å²) in [5.41, 5.74) is 4.45. The van der Waals surface area contributed by atoms with Gasteiger partial charge in [-0.05, 0) is 89.2 Å². The average molecular weight is 637 g/mol. The molecule has 0 fully saturated rings. The van der Waals surface area contributed by atoms with E-state index in [1.807, 2.05) is 0 Å². The van der Waals surface area contributed by atoms with Gasteiger partial charge in [0.1, 0.15) is 0 Å². The molecule has 0 saturated heterocycles. The van der Waals surface area contributed by atoms with Gasteiger partial charge in [0.05, 0.1) is 21.7 Å². The molecule has 0 aliphatic carbocycles. The Morgan fingerprint density at radius 2 is 0.705 bits per heavy atom. The smallest absolute Gasteiger partial charge is 0.418 e. The number of hydrogen-bond donors (Lipinski definition) is 0. The second-order valence-corrected chi connectivity index (χ2v) is 14.9. The maximum atomic E-state index is 9.75. The highest BCUT2D eigenvalue weighted by Gasteiger charge is 2.36. The minimum atomic E-state index is -6.00. The van der Waals surface area contributed by atoms with E-state index < -0.39 is 14.5 Å². The van der Waals surface area contributed by atoms with Crippen molar-refractivity contribution in [2.24, 2.45) is 7.05 Å².